The summed E-state index contributed by atoms with van der Waals surface area (Å²) in [5.74, 6) is 0.608. The fourth-order valence-electron chi connectivity index (χ4n) is 2.12. The first-order chi connectivity index (χ1) is 7.79. The number of likely N-dealkylation sites (tertiary alicyclic amines) is 1. The quantitative estimate of drug-likeness (QED) is 0.902. The van der Waals surface area contributed by atoms with E-state index in [1.54, 1.807) is 10.9 Å². The first-order valence-corrected chi connectivity index (χ1v) is 5.75. The molecule has 1 aliphatic heterocycles. The van der Waals surface area contributed by atoms with Gasteiger partial charge in [-0.1, -0.05) is 0 Å². The SMILES string of the molecule is Cl.Cl.NCC1CCCN(C(=O)Cn2cccn2)C1. The average molecular weight is 295 g/mol. The zero-order valence-corrected chi connectivity index (χ0v) is 11.8. The lowest BCUT2D eigenvalue weighted by Gasteiger charge is -2.32. The van der Waals surface area contributed by atoms with Crippen molar-refractivity contribution in [3.8, 4) is 0 Å². The van der Waals surface area contributed by atoms with Crippen LogP contribution in [0.15, 0.2) is 18.5 Å². The molecule has 1 aliphatic rings. The third-order valence-corrected chi connectivity index (χ3v) is 3.06. The number of halogens is 2. The molecular weight excluding hydrogens is 275 g/mol. The van der Waals surface area contributed by atoms with E-state index in [1.165, 1.54) is 0 Å². The lowest BCUT2D eigenvalue weighted by Crippen LogP contribution is -2.43. The van der Waals surface area contributed by atoms with Gasteiger partial charge in [0.2, 0.25) is 5.91 Å². The van der Waals surface area contributed by atoms with Gasteiger partial charge in [0.1, 0.15) is 6.54 Å². The molecule has 18 heavy (non-hydrogen) atoms. The highest BCUT2D eigenvalue weighted by molar-refractivity contribution is 5.85. The Balaban J connectivity index is 0.00000144. The van der Waals surface area contributed by atoms with Gasteiger partial charge in [-0.15, -0.1) is 24.8 Å². The lowest BCUT2D eigenvalue weighted by molar-refractivity contribution is -0.133. The van der Waals surface area contributed by atoms with Crippen molar-refractivity contribution >= 4 is 30.7 Å². The molecule has 2 N–H and O–H groups in total. The van der Waals surface area contributed by atoms with Crippen molar-refractivity contribution < 1.29 is 4.79 Å². The molecule has 7 heteroatoms. The number of nitrogens with two attached hydrogens (primary N) is 1. The highest BCUT2D eigenvalue weighted by atomic mass is 35.5. The maximum atomic E-state index is 12.0. The van der Waals surface area contributed by atoms with Gasteiger partial charge in [0.25, 0.3) is 0 Å². The Labute approximate surface area is 120 Å². The largest absolute Gasteiger partial charge is 0.341 e. The maximum Gasteiger partial charge on any atom is 0.244 e. The minimum absolute atomic E-state index is 0. The second kappa shape index (κ2) is 8.34. The molecule has 0 radical (unpaired) electrons. The summed E-state index contributed by atoms with van der Waals surface area (Å²) in [6.07, 6.45) is 5.70. The van der Waals surface area contributed by atoms with Crippen LogP contribution < -0.4 is 5.73 Å². The number of amides is 1. The third-order valence-electron chi connectivity index (χ3n) is 3.06. The summed E-state index contributed by atoms with van der Waals surface area (Å²) in [5, 5.41) is 4.03. The van der Waals surface area contributed by atoms with E-state index >= 15 is 0 Å². The molecule has 1 atom stereocenters. The number of rotatable bonds is 3. The van der Waals surface area contributed by atoms with Crippen LogP contribution in [0.3, 0.4) is 0 Å². The van der Waals surface area contributed by atoms with Gasteiger partial charge in [-0.2, -0.15) is 5.10 Å². The molecule has 0 spiro atoms. The van der Waals surface area contributed by atoms with Crippen molar-refractivity contribution in [1.29, 1.82) is 0 Å². The van der Waals surface area contributed by atoms with E-state index in [2.05, 4.69) is 5.10 Å². The molecule has 0 bridgehead atoms. The van der Waals surface area contributed by atoms with Crippen LogP contribution in [0.25, 0.3) is 0 Å². The van der Waals surface area contributed by atoms with Gasteiger partial charge < -0.3 is 10.6 Å². The molecule has 0 aliphatic carbocycles. The number of carbonyl (C=O) groups excluding carboxylic acids is 1. The summed E-state index contributed by atoms with van der Waals surface area (Å²) in [7, 11) is 0. The van der Waals surface area contributed by atoms with Crippen LogP contribution in [-0.4, -0.2) is 40.2 Å². The van der Waals surface area contributed by atoms with Crippen LogP contribution in [0.5, 0.6) is 0 Å². The van der Waals surface area contributed by atoms with E-state index in [0.717, 1.165) is 25.9 Å². The van der Waals surface area contributed by atoms with E-state index in [9.17, 15) is 4.79 Å². The zero-order valence-electron chi connectivity index (χ0n) is 10.2. The summed E-state index contributed by atoms with van der Waals surface area (Å²) < 4.78 is 1.66. The number of nitrogens with zero attached hydrogens (tertiary/aromatic N) is 3. The second-order valence-corrected chi connectivity index (χ2v) is 4.29. The number of piperidine rings is 1. The van der Waals surface area contributed by atoms with Crippen molar-refractivity contribution in [3.05, 3.63) is 18.5 Å². The van der Waals surface area contributed by atoms with Crippen LogP contribution in [0.4, 0.5) is 0 Å². The summed E-state index contributed by atoms with van der Waals surface area (Å²) in [6.45, 7) is 2.67. The molecule has 1 fully saturated rings. The Kier molecular flexibility index (Phi) is 7.98. The summed E-state index contributed by atoms with van der Waals surface area (Å²) in [6, 6.07) is 1.83. The monoisotopic (exact) mass is 294 g/mol. The molecule has 1 aromatic rings. The summed E-state index contributed by atoms with van der Waals surface area (Å²) >= 11 is 0. The molecule has 104 valence electrons. The number of aromatic nitrogens is 2. The Bertz CT molecular complexity index is 345. The molecule has 1 unspecified atom stereocenters. The normalized spacial score (nSPS) is 18.7. The third kappa shape index (κ3) is 4.48. The topological polar surface area (TPSA) is 64.2 Å². The van der Waals surface area contributed by atoms with Gasteiger partial charge in [-0.3, -0.25) is 9.48 Å². The fourth-order valence-corrected chi connectivity index (χ4v) is 2.12. The molecule has 0 saturated carbocycles. The minimum atomic E-state index is 0. The molecule has 0 aromatic carbocycles. The van der Waals surface area contributed by atoms with Crippen LogP contribution in [-0.2, 0) is 11.3 Å². The van der Waals surface area contributed by atoms with Crippen molar-refractivity contribution in [2.24, 2.45) is 11.7 Å². The smallest absolute Gasteiger partial charge is 0.244 e. The first-order valence-electron chi connectivity index (χ1n) is 5.75. The lowest BCUT2D eigenvalue weighted by atomic mass is 9.98. The molecule has 2 heterocycles. The van der Waals surface area contributed by atoms with Crippen LogP contribution in [0.1, 0.15) is 12.8 Å². The number of hydrogen-bond acceptors (Lipinski definition) is 3. The van der Waals surface area contributed by atoms with Gasteiger partial charge >= 0.3 is 0 Å². The fraction of sp³-hybridized carbons (Fsp3) is 0.636. The molecule has 1 amide bonds. The first kappa shape index (κ1) is 17.2. The molecule has 2 rings (SSSR count). The van der Waals surface area contributed by atoms with Gasteiger partial charge in [0, 0.05) is 25.5 Å². The van der Waals surface area contributed by atoms with Gasteiger partial charge in [-0.05, 0) is 31.4 Å². The minimum Gasteiger partial charge on any atom is -0.341 e. The van der Waals surface area contributed by atoms with Gasteiger partial charge in [0.15, 0.2) is 0 Å². The van der Waals surface area contributed by atoms with E-state index in [0.29, 0.717) is 19.0 Å². The number of hydrogen-bond donors (Lipinski definition) is 1. The summed E-state index contributed by atoms with van der Waals surface area (Å²) in [5.41, 5.74) is 5.65. The predicted molar refractivity (Wildman–Crippen MR) is 75.1 cm³/mol. The van der Waals surface area contributed by atoms with E-state index in [1.807, 2.05) is 17.2 Å². The van der Waals surface area contributed by atoms with E-state index in [-0.39, 0.29) is 30.7 Å². The number of carbonyl (C=O) groups is 1. The van der Waals surface area contributed by atoms with Crippen molar-refractivity contribution in [2.75, 3.05) is 19.6 Å². The highest BCUT2D eigenvalue weighted by Gasteiger charge is 2.22. The molecule has 5 nitrogen and oxygen atoms in total. The zero-order chi connectivity index (χ0) is 11.4. The molecule has 1 aromatic heterocycles. The Morgan fingerprint density at radius 2 is 2.22 bits per heavy atom. The molecule has 1 saturated heterocycles. The van der Waals surface area contributed by atoms with Crippen molar-refractivity contribution in [3.63, 3.8) is 0 Å². The van der Waals surface area contributed by atoms with Crippen LogP contribution in [0, 0.1) is 5.92 Å². The van der Waals surface area contributed by atoms with Crippen molar-refractivity contribution in [2.45, 2.75) is 19.4 Å². The van der Waals surface area contributed by atoms with E-state index < -0.39 is 0 Å². The Morgan fingerprint density at radius 1 is 1.44 bits per heavy atom. The summed E-state index contributed by atoms with van der Waals surface area (Å²) in [4.78, 5) is 13.9. The predicted octanol–water partition coefficient (Wildman–Crippen LogP) is 0.924. The van der Waals surface area contributed by atoms with E-state index in [4.69, 9.17) is 5.73 Å². The Hall–Kier alpha value is -0.780. The standard InChI is InChI=1S/C11H18N4O.2ClH/c12-7-10-3-1-5-14(8-10)11(16)9-15-6-2-4-13-15;;/h2,4,6,10H,1,3,5,7-9,12H2;2*1H. The van der Waals surface area contributed by atoms with Crippen molar-refractivity contribution in [1.82, 2.24) is 14.7 Å². The van der Waals surface area contributed by atoms with Crippen LogP contribution in [0.2, 0.25) is 0 Å². The maximum absolute atomic E-state index is 12.0. The highest BCUT2D eigenvalue weighted by Crippen LogP contribution is 2.15. The van der Waals surface area contributed by atoms with Gasteiger partial charge in [-0.25, -0.2) is 0 Å². The van der Waals surface area contributed by atoms with Crippen LogP contribution >= 0.6 is 24.8 Å². The average Bonchev–Trinajstić information content (AvgIpc) is 2.82. The second-order valence-electron chi connectivity index (χ2n) is 4.29. The Morgan fingerprint density at radius 3 is 2.83 bits per heavy atom. The van der Waals surface area contributed by atoms with Gasteiger partial charge in [0.05, 0.1) is 0 Å². The molecular formula is C11H20Cl2N4O.